The predicted molar refractivity (Wildman–Crippen MR) is 144 cm³/mol. The predicted octanol–water partition coefficient (Wildman–Crippen LogP) is 4.08. The molecule has 0 aliphatic heterocycles. The van der Waals surface area contributed by atoms with Crippen LogP contribution in [0.1, 0.15) is 40.1 Å². The van der Waals surface area contributed by atoms with E-state index < -0.39 is 28.0 Å². The first-order chi connectivity index (χ1) is 17.9. The van der Waals surface area contributed by atoms with E-state index in [1.54, 1.807) is 54.6 Å². The molecule has 0 aromatic heterocycles. The van der Waals surface area contributed by atoms with Gasteiger partial charge in [0.2, 0.25) is 0 Å². The Kier molecular flexibility index (Phi) is 8.64. The fraction of sp³-hybridized carbons (Fsp3) is 0.185. The molecule has 0 spiro atoms. The highest BCUT2D eigenvalue weighted by Crippen LogP contribution is 2.27. The largest absolute Gasteiger partial charge is 0.384 e. The molecule has 3 rings (SSSR count). The number of carbonyl (C=O) groups is 3. The van der Waals surface area contributed by atoms with Gasteiger partial charge in [-0.05, 0) is 53.4 Å². The Hall–Kier alpha value is -4.51. The molecule has 11 heteroatoms. The van der Waals surface area contributed by atoms with Crippen LogP contribution in [0, 0.1) is 11.3 Å². The maximum absolute atomic E-state index is 13.5. The lowest BCUT2D eigenvalue weighted by atomic mass is 9.97. The van der Waals surface area contributed by atoms with Gasteiger partial charge < -0.3 is 15.2 Å². The van der Waals surface area contributed by atoms with Crippen LogP contribution in [0.25, 0.3) is 11.1 Å². The Morgan fingerprint density at radius 3 is 2.13 bits per heavy atom. The maximum Gasteiger partial charge on any atom is 0.354 e. The molecule has 0 atom stereocenters. The highest BCUT2D eigenvalue weighted by atomic mass is 32.2. The lowest BCUT2D eigenvalue weighted by Crippen LogP contribution is -2.42. The number of imide groups is 1. The van der Waals surface area contributed by atoms with Crippen LogP contribution < -0.4 is 11.1 Å². The number of nitrogens with one attached hydrogen (secondary N) is 2. The molecule has 0 unspecified atom stereocenters. The van der Waals surface area contributed by atoms with Gasteiger partial charge in [0, 0.05) is 23.4 Å². The first-order valence-corrected chi connectivity index (χ1v) is 13.4. The first kappa shape index (κ1) is 28.1. The second kappa shape index (κ2) is 11.7. The van der Waals surface area contributed by atoms with Crippen molar-refractivity contribution in [3.8, 4) is 11.1 Å². The summed E-state index contributed by atoms with van der Waals surface area (Å²) >= 11 is 0. The number of nitrogens with zero attached hydrogens (tertiary/aromatic N) is 1. The lowest BCUT2D eigenvalue weighted by molar-refractivity contribution is 0.0749. The smallest absolute Gasteiger partial charge is 0.354 e. The fourth-order valence-corrected chi connectivity index (χ4v) is 3.97. The molecule has 0 fully saturated rings. The van der Waals surface area contributed by atoms with Crippen LogP contribution in [0.3, 0.4) is 0 Å². The summed E-state index contributed by atoms with van der Waals surface area (Å²) in [6.45, 7) is 3.74. The van der Waals surface area contributed by atoms with E-state index in [4.69, 9.17) is 11.1 Å². The number of rotatable bonds is 8. The molecule has 0 saturated heterocycles. The first-order valence-electron chi connectivity index (χ1n) is 11.6. The van der Waals surface area contributed by atoms with Gasteiger partial charge >= 0.3 is 22.1 Å². The summed E-state index contributed by atoms with van der Waals surface area (Å²) in [5.74, 6) is -2.04. The van der Waals surface area contributed by atoms with Gasteiger partial charge in [-0.1, -0.05) is 50.2 Å². The Bertz CT molecular complexity index is 1470. The third kappa shape index (κ3) is 7.26. The standard InChI is InChI=1S/C27H28N4O6S/c1-17(2)16-31(27(34)30-21-12-9-19(10-13-21)24(28)29)25(32)20-11-14-22(18-7-5-4-6-8-18)23(15-20)26(33)37-38(3,35)36/h4-15,17H,16H2,1-3H3,(H3,28,29)(H,30,34). The number of hydrogen-bond acceptors (Lipinski definition) is 7. The third-order valence-corrected chi connectivity index (χ3v) is 5.74. The van der Waals surface area contributed by atoms with Crippen molar-refractivity contribution in [2.45, 2.75) is 13.8 Å². The lowest BCUT2D eigenvalue weighted by Gasteiger charge is -2.24. The monoisotopic (exact) mass is 536 g/mol. The van der Waals surface area contributed by atoms with E-state index in [2.05, 4.69) is 9.50 Å². The van der Waals surface area contributed by atoms with Crippen molar-refractivity contribution in [3.05, 3.63) is 89.5 Å². The Balaban J connectivity index is 1.98. The third-order valence-electron chi connectivity index (χ3n) is 5.28. The van der Waals surface area contributed by atoms with Crippen molar-refractivity contribution < 1.29 is 27.0 Å². The van der Waals surface area contributed by atoms with E-state index in [1.165, 1.54) is 18.2 Å². The number of urea groups is 1. The summed E-state index contributed by atoms with van der Waals surface area (Å²) in [4.78, 5) is 40.5. The van der Waals surface area contributed by atoms with E-state index in [0.717, 1.165) is 11.2 Å². The Morgan fingerprint density at radius 2 is 1.58 bits per heavy atom. The van der Waals surface area contributed by atoms with Crippen molar-refractivity contribution in [1.82, 2.24) is 4.90 Å². The zero-order chi connectivity index (χ0) is 28.0. The number of anilines is 1. The maximum atomic E-state index is 13.5. The molecule has 38 heavy (non-hydrogen) atoms. The number of carbonyl (C=O) groups excluding carboxylic acids is 3. The molecule has 0 radical (unpaired) electrons. The summed E-state index contributed by atoms with van der Waals surface area (Å²) in [6, 6.07) is 18.5. The van der Waals surface area contributed by atoms with E-state index in [0.29, 0.717) is 22.4 Å². The second-order valence-electron chi connectivity index (χ2n) is 8.93. The van der Waals surface area contributed by atoms with Gasteiger partial charge in [-0.15, -0.1) is 0 Å². The highest BCUT2D eigenvalue weighted by molar-refractivity contribution is 7.86. The highest BCUT2D eigenvalue weighted by Gasteiger charge is 2.27. The molecule has 0 saturated carbocycles. The molecule has 0 heterocycles. The topological polar surface area (TPSA) is 160 Å². The van der Waals surface area contributed by atoms with Gasteiger partial charge in [-0.3, -0.25) is 15.1 Å². The molecular formula is C27H28N4O6S. The van der Waals surface area contributed by atoms with Gasteiger partial charge in [0.25, 0.3) is 5.91 Å². The number of hydrogen-bond donors (Lipinski definition) is 3. The molecule has 3 aromatic rings. The zero-order valence-corrected chi connectivity index (χ0v) is 21.9. The SMILES string of the molecule is CC(C)CN(C(=O)Nc1ccc(C(=N)N)cc1)C(=O)c1ccc(-c2ccccc2)c(C(=O)OS(C)(=O)=O)c1. The number of amides is 3. The average molecular weight is 537 g/mol. The van der Waals surface area contributed by atoms with Crippen LogP contribution in [0.4, 0.5) is 10.5 Å². The van der Waals surface area contributed by atoms with Crippen molar-refractivity contribution in [1.29, 1.82) is 5.41 Å². The molecular weight excluding hydrogens is 508 g/mol. The van der Waals surface area contributed by atoms with Gasteiger partial charge in [-0.2, -0.15) is 8.42 Å². The van der Waals surface area contributed by atoms with Crippen LogP contribution in [0.2, 0.25) is 0 Å². The molecule has 3 aromatic carbocycles. The van der Waals surface area contributed by atoms with Gasteiger partial charge in [-0.25, -0.2) is 9.59 Å². The van der Waals surface area contributed by atoms with E-state index in [-0.39, 0.29) is 29.4 Å². The van der Waals surface area contributed by atoms with Crippen molar-refractivity contribution >= 4 is 39.5 Å². The van der Waals surface area contributed by atoms with Crippen LogP contribution in [-0.2, 0) is 14.3 Å². The number of nitrogen functional groups attached to an aromatic ring is 1. The Morgan fingerprint density at radius 1 is 0.974 bits per heavy atom. The summed E-state index contributed by atoms with van der Waals surface area (Å²) < 4.78 is 27.9. The average Bonchev–Trinajstić information content (AvgIpc) is 2.86. The summed E-state index contributed by atoms with van der Waals surface area (Å²) in [5.41, 5.74) is 7.15. The number of benzene rings is 3. The van der Waals surface area contributed by atoms with Crippen molar-refractivity contribution in [2.24, 2.45) is 11.7 Å². The van der Waals surface area contributed by atoms with Crippen molar-refractivity contribution in [3.63, 3.8) is 0 Å². The number of amidine groups is 1. The summed E-state index contributed by atoms with van der Waals surface area (Å²) in [5, 5.41) is 10.1. The minimum absolute atomic E-state index is 0.00661. The van der Waals surface area contributed by atoms with Crippen molar-refractivity contribution in [2.75, 3.05) is 18.1 Å². The van der Waals surface area contributed by atoms with Gasteiger partial charge in [0.15, 0.2) is 0 Å². The van der Waals surface area contributed by atoms with E-state index >= 15 is 0 Å². The molecule has 0 aliphatic carbocycles. The normalized spacial score (nSPS) is 11.1. The second-order valence-corrected chi connectivity index (χ2v) is 10.5. The van der Waals surface area contributed by atoms with Crippen LogP contribution >= 0.6 is 0 Å². The quantitative estimate of drug-likeness (QED) is 0.222. The zero-order valence-electron chi connectivity index (χ0n) is 21.1. The molecule has 10 nitrogen and oxygen atoms in total. The Labute approximate surface area is 221 Å². The molecule has 3 amide bonds. The van der Waals surface area contributed by atoms with Crippen LogP contribution in [0.15, 0.2) is 72.8 Å². The molecule has 0 bridgehead atoms. The minimum atomic E-state index is -4.12. The molecule has 198 valence electrons. The van der Waals surface area contributed by atoms with E-state index in [1.807, 2.05) is 13.8 Å². The summed E-state index contributed by atoms with van der Waals surface area (Å²) in [6.07, 6.45) is 0.750. The van der Waals surface area contributed by atoms with Crippen LogP contribution in [0.5, 0.6) is 0 Å². The summed E-state index contributed by atoms with van der Waals surface area (Å²) in [7, 11) is -4.12. The minimum Gasteiger partial charge on any atom is -0.384 e. The fourth-order valence-electron chi connectivity index (χ4n) is 3.60. The van der Waals surface area contributed by atoms with Gasteiger partial charge in [0.05, 0.1) is 11.8 Å². The molecule has 4 N–H and O–H groups in total. The number of nitrogens with two attached hydrogens (primary N) is 1. The van der Waals surface area contributed by atoms with E-state index in [9.17, 15) is 22.8 Å². The van der Waals surface area contributed by atoms with Gasteiger partial charge in [0.1, 0.15) is 5.84 Å². The van der Waals surface area contributed by atoms with Crippen LogP contribution in [-0.4, -0.2) is 49.9 Å². The molecule has 0 aliphatic rings.